The third-order valence-corrected chi connectivity index (χ3v) is 3.05. The predicted molar refractivity (Wildman–Crippen MR) is 61.0 cm³/mol. The first kappa shape index (κ1) is 13.0. The summed E-state index contributed by atoms with van der Waals surface area (Å²) in [6.07, 6.45) is 1.94. The quantitative estimate of drug-likeness (QED) is 0.799. The van der Waals surface area contributed by atoms with Gasteiger partial charge in [0.2, 0.25) is 5.91 Å². The Hall–Kier alpha value is -1.06. The minimum absolute atomic E-state index is 0.0192. The van der Waals surface area contributed by atoms with E-state index in [4.69, 9.17) is 5.11 Å². The Morgan fingerprint density at radius 1 is 1.44 bits per heavy atom. The number of aliphatic carboxylic acids is 1. The molecule has 1 fully saturated rings. The molecule has 4 heteroatoms. The summed E-state index contributed by atoms with van der Waals surface area (Å²) in [5, 5.41) is 9.12. The number of hydrogen-bond acceptors (Lipinski definition) is 2. The van der Waals surface area contributed by atoms with Gasteiger partial charge in [-0.05, 0) is 24.7 Å². The molecule has 4 nitrogen and oxygen atoms in total. The molecular weight excluding hydrogens is 206 g/mol. The van der Waals surface area contributed by atoms with E-state index in [0.29, 0.717) is 25.3 Å². The smallest absolute Gasteiger partial charge is 0.326 e. The van der Waals surface area contributed by atoms with E-state index in [-0.39, 0.29) is 11.8 Å². The van der Waals surface area contributed by atoms with Gasteiger partial charge >= 0.3 is 5.97 Å². The molecule has 16 heavy (non-hydrogen) atoms. The molecule has 1 heterocycles. The van der Waals surface area contributed by atoms with Crippen LogP contribution >= 0.6 is 0 Å². The highest BCUT2D eigenvalue weighted by atomic mass is 16.4. The Morgan fingerprint density at radius 2 is 2.06 bits per heavy atom. The normalized spacial score (nSPS) is 25.9. The predicted octanol–water partition coefficient (Wildman–Crippen LogP) is 1.74. The third-order valence-electron chi connectivity index (χ3n) is 3.05. The van der Waals surface area contributed by atoms with Crippen molar-refractivity contribution in [3.63, 3.8) is 0 Å². The van der Waals surface area contributed by atoms with E-state index < -0.39 is 12.0 Å². The van der Waals surface area contributed by atoms with Crippen molar-refractivity contribution in [3.8, 4) is 0 Å². The summed E-state index contributed by atoms with van der Waals surface area (Å²) in [6, 6.07) is -0.616. The average Bonchev–Trinajstić information content (AvgIpc) is 2.16. The minimum Gasteiger partial charge on any atom is -0.480 e. The van der Waals surface area contributed by atoms with E-state index in [0.717, 1.165) is 6.42 Å². The molecule has 0 spiro atoms. The maximum Gasteiger partial charge on any atom is 0.326 e. The van der Waals surface area contributed by atoms with Crippen molar-refractivity contribution >= 4 is 11.9 Å². The maximum absolute atomic E-state index is 11.9. The van der Waals surface area contributed by atoms with Crippen LogP contribution in [-0.2, 0) is 9.59 Å². The molecular formula is C12H21NO3. The summed E-state index contributed by atoms with van der Waals surface area (Å²) < 4.78 is 0. The van der Waals surface area contributed by atoms with Gasteiger partial charge in [0, 0.05) is 13.0 Å². The second-order valence-electron chi connectivity index (χ2n) is 5.17. The van der Waals surface area contributed by atoms with E-state index in [1.807, 2.05) is 20.8 Å². The lowest BCUT2D eigenvalue weighted by Gasteiger charge is -2.36. The van der Waals surface area contributed by atoms with Crippen LogP contribution in [0.15, 0.2) is 0 Å². The number of carboxylic acids is 1. The number of rotatable bonds is 3. The summed E-state index contributed by atoms with van der Waals surface area (Å²) in [7, 11) is 0. The Kier molecular flexibility index (Phi) is 4.33. The number of carbonyl (C=O) groups excluding carboxylic acids is 1. The van der Waals surface area contributed by atoms with Crippen molar-refractivity contribution in [1.29, 1.82) is 0 Å². The van der Waals surface area contributed by atoms with Crippen molar-refractivity contribution in [2.45, 2.75) is 46.1 Å². The minimum atomic E-state index is -0.872. The Labute approximate surface area is 96.6 Å². The van der Waals surface area contributed by atoms with Gasteiger partial charge in [0.25, 0.3) is 0 Å². The number of amides is 1. The van der Waals surface area contributed by atoms with Gasteiger partial charge < -0.3 is 10.0 Å². The molecule has 0 bridgehead atoms. The monoisotopic (exact) mass is 227 g/mol. The molecule has 0 radical (unpaired) electrons. The Balaban J connectivity index is 2.69. The van der Waals surface area contributed by atoms with Gasteiger partial charge in [-0.15, -0.1) is 0 Å². The summed E-state index contributed by atoms with van der Waals surface area (Å²) in [5.41, 5.74) is 0. The largest absolute Gasteiger partial charge is 0.480 e. The van der Waals surface area contributed by atoms with Crippen LogP contribution in [0.1, 0.15) is 40.0 Å². The molecule has 1 saturated heterocycles. The van der Waals surface area contributed by atoms with Gasteiger partial charge in [-0.2, -0.15) is 0 Å². The van der Waals surface area contributed by atoms with Crippen LogP contribution < -0.4 is 0 Å². The van der Waals surface area contributed by atoms with Crippen molar-refractivity contribution < 1.29 is 14.7 Å². The second-order valence-corrected chi connectivity index (χ2v) is 5.17. The van der Waals surface area contributed by atoms with Crippen LogP contribution in [0.25, 0.3) is 0 Å². The van der Waals surface area contributed by atoms with Crippen LogP contribution in [0, 0.1) is 11.8 Å². The van der Waals surface area contributed by atoms with Gasteiger partial charge in [0.1, 0.15) is 6.04 Å². The number of carboxylic acid groups (broad SMARTS) is 1. The third kappa shape index (κ3) is 3.22. The highest BCUT2D eigenvalue weighted by molar-refractivity contribution is 5.84. The van der Waals surface area contributed by atoms with Crippen molar-refractivity contribution in [3.05, 3.63) is 0 Å². The molecule has 0 aliphatic carbocycles. The molecule has 1 aliphatic rings. The molecule has 1 rings (SSSR count). The molecule has 1 N–H and O–H groups in total. The fraction of sp³-hybridized carbons (Fsp3) is 0.833. The molecule has 2 atom stereocenters. The molecule has 92 valence electrons. The fourth-order valence-corrected chi connectivity index (χ4v) is 2.14. The summed E-state index contributed by atoms with van der Waals surface area (Å²) >= 11 is 0. The Bertz CT molecular complexity index is 275. The lowest BCUT2D eigenvalue weighted by atomic mass is 9.92. The van der Waals surface area contributed by atoms with E-state index >= 15 is 0 Å². The first-order chi connectivity index (χ1) is 7.41. The van der Waals surface area contributed by atoms with E-state index in [1.54, 1.807) is 4.90 Å². The van der Waals surface area contributed by atoms with Crippen LogP contribution in [0.4, 0.5) is 0 Å². The van der Waals surface area contributed by atoms with Gasteiger partial charge in [0.05, 0.1) is 0 Å². The fourth-order valence-electron chi connectivity index (χ4n) is 2.14. The standard InChI is InChI=1S/C12H21NO3/c1-8(2)6-11(14)13-5-4-9(3)7-10(13)12(15)16/h8-10H,4-7H2,1-3H3,(H,15,16). The van der Waals surface area contributed by atoms with Gasteiger partial charge in [-0.25, -0.2) is 4.79 Å². The highest BCUT2D eigenvalue weighted by Gasteiger charge is 2.34. The van der Waals surface area contributed by atoms with Gasteiger partial charge in [-0.3, -0.25) is 4.79 Å². The first-order valence-electron chi connectivity index (χ1n) is 5.94. The molecule has 0 saturated carbocycles. The van der Waals surface area contributed by atoms with Crippen molar-refractivity contribution in [1.82, 2.24) is 4.90 Å². The molecule has 0 aromatic heterocycles. The first-order valence-corrected chi connectivity index (χ1v) is 5.94. The van der Waals surface area contributed by atoms with Crippen LogP contribution in [-0.4, -0.2) is 34.5 Å². The lowest BCUT2D eigenvalue weighted by Crippen LogP contribution is -2.50. The van der Waals surface area contributed by atoms with Gasteiger partial charge in [-0.1, -0.05) is 20.8 Å². The van der Waals surface area contributed by atoms with E-state index in [1.165, 1.54) is 0 Å². The molecule has 1 aliphatic heterocycles. The van der Waals surface area contributed by atoms with Gasteiger partial charge in [0.15, 0.2) is 0 Å². The number of nitrogens with zero attached hydrogens (tertiary/aromatic N) is 1. The maximum atomic E-state index is 11.9. The zero-order chi connectivity index (χ0) is 12.3. The van der Waals surface area contributed by atoms with Crippen LogP contribution in [0.2, 0.25) is 0 Å². The molecule has 0 aromatic rings. The summed E-state index contributed by atoms with van der Waals surface area (Å²) in [6.45, 7) is 6.57. The topological polar surface area (TPSA) is 57.6 Å². The lowest BCUT2D eigenvalue weighted by molar-refractivity contribution is -0.153. The van der Waals surface area contributed by atoms with Crippen molar-refractivity contribution in [2.75, 3.05) is 6.54 Å². The number of likely N-dealkylation sites (tertiary alicyclic amines) is 1. The SMILES string of the molecule is CC(C)CC(=O)N1CCC(C)CC1C(=O)O. The average molecular weight is 227 g/mol. The molecule has 2 unspecified atom stereocenters. The van der Waals surface area contributed by atoms with Crippen molar-refractivity contribution in [2.24, 2.45) is 11.8 Å². The Morgan fingerprint density at radius 3 is 2.56 bits per heavy atom. The van der Waals surface area contributed by atoms with E-state index in [2.05, 4.69) is 0 Å². The van der Waals surface area contributed by atoms with E-state index in [9.17, 15) is 9.59 Å². The molecule has 1 amide bonds. The van der Waals surface area contributed by atoms with Crippen LogP contribution in [0.3, 0.4) is 0 Å². The number of piperidine rings is 1. The highest BCUT2D eigenvalue weighted by Crippen LogP contribution is 2.24. The molecule has 0 aromatic carbocycles. The number of hydrogen-bond donors (Lipinski definition) is 1. The number of carbonyl (C=O) groups is 2. The summed E-state index contributed by atoms with van der Waals surface area (Å²) in [4.78, 5) is 24.5. The zero-order valence-corrected chi connectivity index (χ0v) is 10.3. The summed E-state index contributed by atoms with van der Waals surface area (Å²) in [5.74, 6) is -0.219. The second kappa shape index (κ2) is 5.32. The zero-order valence-electron chi connectivity index (χ0n) is 10.3. The van der Waals surface area contributed by atoms with Crippen LogP contribution in [0.5, 0.6) is 0 Å².